The van der Waals surface area contributed by atoms with Crippen LogP contribution in [0.5, 0.6) is 5.75 Å². The van der Waals surface area contributed by atoms with Gasteiger partial charge in [0.15, 0.2) is 0 Å². The number of fused-ring (bicyclic) bond motifs is 2. The standard InChI is InChI=1S/C17H15ClN4O2/c1-9-8-20-17(23)16-14(18)15(21-22(9)16)11-5-6-19-13-4-3-10(24-2)7-12(11)13/h3-7,9H,8H2,1-2H3,(H,20,23)/t9-/m1/s1. The molecule has 1 amide bonds. The number of hydrogen-bond donors (Lipinski definition) is 1. The summed E-state index contributed by atoms with van der Waals surface area (Å²) in [5.41, 5.74) is 2.62. The number of benzene rings is 1. The number of methoxy groups -OCH3 is 1. The van der Waals surface area contributed by atoms with Crippen LogP contribution in [0, 0.1) is 0 Å². The third-order valence-corrected chi connectivity index (χ3v) is 4.61. The van der Waals surface area contributed by atoms with E-state index in [1.807, 2.05) is 31.2 Å². The van der Waals surface area contributed by atoms with Crippen LogP contribution in [0.15, 0.2) is 30.5 Å². The number of ether oxygens (including phenoxy) is 1. The fraction of sp³-hybridized carbons (Fsp3) is 0.235. The minimum absolute atomic E-state index is 0.0478. The number of nitrogens with zero attached hydrogens (tertiary/aromatic N) is 3. The Morgan fingerprint density at radius 1 is 1.38 bits per heavy atom. The molecule has 1 atom stereocenters. The predicted molar refractivity (Wildman–Crippen MR) is 91.6 cm³/mol. The first-order valence-electron chi connectivity index (χ1n) is 7.59. The lowest BCUT2D eigenvalue weighted by atomic mass is 10.1. The molecule has 4 rings (SSSR count). The Balaban J connectivity index is 1.99. The SMILES string of the molecule is COc1ccc2nccc(-c3nn4c(c3Cl)C(=O)NC[C@H]4C)c2c1. The highest BCUT2D eigenvalue weighted by Gasteiger charge is 2.30. The number of carbonyl (C=O) groups is 1. The molecule has 0 saturated heterocycles. The lowest BCUT2D eigenvalue weighted by Gasteiger charge is -2.21. The lowest BCUT2D eigenvalue weighted by Crippen LogP contribution is -2.38. The Bertz CT molecular complexity index is 967. The summed E-state index contributed by atoms with van der Waals surface area (Å²) in [6.45, 7) is 2.53. The second kappa shape index (κ2) is 5.49. The molecular formula is C17H15ClN4O2. The second-order valence-corrected chi connectivity index (χ2v) is 6.13. The van der Waals surface area contributed by atoms with Crippen LogP contribution in [0.1, 0.15) is 23.5 Å². The van der Waals surface area contributed by atoms with Crippen LogP contribution in [0.25, 0.3) is 22.2 Å². The molecule has 1 N–H and O–H groups in total. The van der Waals surface area contributed by atoms with Crippen molar-refractivity contribution >= 4 is 28.4 Å². The molecule has 1 aliphatic heterocycles. The van der Waals surface area contributed by atoms with Crippen LogP contribution in [0.2, 0.25) is 5.02 Å². The highest BCUT2D eigenvalue weighted by Crippen LogP contribution is 2.37. The molecule has 3 heterocycles. The number of aromatic nitrogens is 3. The Hall–Kier alpha value is -2.60. The minimum Gasteiger partial charge on any atom is -0.497 e. The molecule has 0 saturated carbocycles. The molecule has 0 aliphatic carbocycles. The zero-order valence-corrected chi connectivity index (χ0v) is 14.0. The third kappa shape index (κ3) is 2.14. The van der Waals surface area contributed by atoms with E-state index in [2.05, 4.69) is 15.4 Å². The maximum Gasteiger partial charge on any atom is 0.271 e. The summed E-state index contributed by atoms with van der Waals surface area (Å²) in [6, 6.07) is 7.54. The molecule has 2 aromatic heterocycles. The first-order valence-corrected chi connectivity index (χ1v) is 7.97. The van der Waals surface area contributed by atoms with Crippen LogP contribution >= 0.6 is 11.6 Å². The number of hydrogen-bond acceptors (Lipinski definition) is 4. The van der Waals surface area contributed by atoms with Crippen molar-refractivity contribution in [3.8, 4) is 17.0 Å². The monoisotopic (exact) mass is 342 g/mol. The van der Waals surface area contributed by atoms with E-state index < -0.39 is 0 Å². The molecule has 122 valence electrons. The number of pyridine rings is 1. The Morgan fingerprint density at radius 3 is 2.96 bits per heavy atom. The van der Waals surface area contributed by atoms with Crippen LogP contribution in [0.4, 0.5) is 0 Å². The first kappa shape index (κ1) is 15.0. The van der Waals surface area contributed by atoms with Crippen molar-refractivity contribution in [2.75, 3.05) is 13.7 Å². The van der Waals surface area contributed by atoms with Gasteiger partial charge in [-0.2, -0.15) is 5.10 Å². The van der Waals surface area contributed by atoms with E-state index in [9.17, 15) is 4.79 Å². The quantitative estimate of drug-likeness (QED) is 0.777. The van der Waals surface area contributed by atoms with Crippen LogP contribution in [0.3, 0.4) is 0 Å². The molecule has 0 spiro atoms. The van der Waals surface area contributed by atoms with Crippen LogP contribution in [-0.2, 0) is 0 Å². The summed E-state index contributed by atoms with van der Waals surface area (Å²) in [4.78, 5) is 16.5. The van der Waals surface area contributed by atoms with Gasteiger partial charge in [0.1, 0.15) is 17.1 Å². The zero-order chi connectivity index (χ0) is 16.8. The van der Waals surface area contributed by atoms with E-state index in [4.69, 9.17) is 16.3 Å². The Labute approximate surface area is 143 Å². The first-order chi connectivity index (χ1) is 11.6. The van der Waals surface area contributed by atoms with E-state index in [1.165, 1.54) is 0 Å². The van der Waals surface area contributed by atoms with Gasteiger partial charge in [-0.05, 0) is 31.2 Å². The molecule has 24 heavy (non-hydrogen) atoms. The van der Waals surface area contributed by atoms with Crippen molar-refractivity contribution in [2.24, 2.45) is 0 Å². The van der Waals surface area contributed by atoms with Gasteiger partial charge in [0.2, 0.25) is 0 Å². The molecule has 0 bridgehead atoms. The molecule has 1 aromatic carbocycles. The van der Waals surface area contributed by atoms with Crippen molar-refractivity contribution in [2.45, 2.75) is 13.0 Å². The predicted octanol–water partition coefficient (Wildman–Crippen LogP) is 3.06. The lowest BCUT2D eigenvalue weighted by molar-refractivity contribution is 0.0913. The number of nitrogens with one attached hydrogen (secondary N) is 1. The third-order valence-electron chi connectivity index (χ3n) is 4.25. The molecule has 0 unspecified atom stereocenters. The Kier molecular flexibility index (Phi) is 3.42. The summed E-state index contributed by atoms with van der Waals surface area (Å²) in [5, 5.41) is 8.68. The summed E-state index contributed by atoms with van der Waals surface area (Å²) in [7, 11) is 1.62. The number of rotatable bonds is 2. The molecule has 3 aromatic rings. The van der Waals surface area contributed by atoms with Gasteiger partial charge in [-0.1, -0.05) is 11.6 Å². The van der Waals surface area contributed by atoms with Gasteiger partial charge < -0.3 is 10.1 Å². The van der Waals surface area contributed by atoms with Gasteiger partial charge in [0, 0.05) is 23.7 Å². The van der Waals surface area contributed by atoms with Gasteiger partial charge in [0.05, 0.1) is 23.7 Å². The maximum atomic E-state index is 12.2. The van der Waals surface area contributed by atoms with Gasteiger partial charge in [-0.15, -0.1) is 0 Å². The smallest absolute Gasteiger partial charge is 0.271 e. The summed E-state index contributed by atoms with van der Waals surface area (Å²) >= 11 is 6.52. The zero-order valence-electron chi connectivity index (χ0n) is 13.2. The van der Waals surface area contributed by atoms with Crippen molar-refractivity contribution in [3.05, 3.63) is 41.2 Å². The molecule has 1 aliphatic rings. The molecule has 6 nitrogen and oxygen atoms in total. The fourth-order valence-corrected chi connectivity index (χ4v) is 3.29. The van der Waals surface area contributed by atoms with E-state index in [-0.39, 0.29) is 11.9 Å². The average molecular weight is 343 g/mol. The average Bonchev–Trinajstić information content (AvgIpc) is 2.96. The summed E-state index contributed by atoms with van der Waals surface area (Å²) in [6.07, 6.45) is 1.71. The summed E-state index contributed by atoms with van der Waals surface area (Å²) < 4.78 is 7.01. The van der Waals surface area contributed by atoms with Crippen molar-refractivity contribution in [3.63, 3.8) is 0 Å². The largest absolute Gasteiger partial charge is 0.497 e. The molecule has 0 radical (unpaired) electrons. The van der Waals surface area contributed by atoms with Gasteiger partial charge in [-0.25, -0.2) is 0 Å². The summed E-state index contributed by atoms with van der Waals surface area (Å²) in [5.74, 6) is 0.524. The van der Waals surface area contributed by atoms with E-state index in [0.29, 0.717) is 23.0 Å². The van der Waals surface area contributed by atoms with Crippen molar-refractivity contribution in [1.29, 1.82) is 0 Å². The van der Waals surface area contributed by atoms with Gasteiger partial charge in [0.25, 0.3) is 5.91 Å². The van der Waals surface area contributed by atoms with E-state index in [0.717, 1.165) is 22.2 Å². The van der Waals surface area contributed by atoms with E-state index >= 15 is 0 Å². The number of halogens is 1. The van der Waals surface area contributed by atoms with E-state index in [1.54, 1.807) is 18.0 Å². The van der Waals surface area contributed by atoms with Crippen molar-refractivity contribution in [1.82, 2.24) is 20.1 Å². The second-order valence-electron chi connectivity index (χ2n) is 5.76. The van der Waals surface area contributed by atoms with Gasteiger partial charge >= 0.3 is 0 Å². The topological polar surface area (TPSA) is 69.0 Å². The molecular weight excluding hydrogens is 328 g/mol. The van der Waals surface area contributed by atoms with Crippen molar-refractivity contribution < 1.29 is 9.53 Å². The minimum atomic E-state index is -0.201. The number of amides is 1. The molecule has 7 heteroatoms. The highest BCUT2D eigenvalue weighted by molar-refractivity contribution is 6.36. The van der Waals surface area contributed by atoms with Crippen LogP contribution < -0.4 is 10.1 Å². The normalized spacial score (nSPS) is 16.8. The Morgan fingerprint density at radius 2 is 2.21 bits per heavy atom. The highest BCUT2D eigenvalue weighted by atomic mass is 35.5. The maximum absolute atomic E-state index is 12.2. The molecule has 0 fully saturated rings. The van der Waals surface area contributed by atoms with Crippen LogP contribution in [-0.4, -0.2) is 34.3 Å². The fourth-order valence-electron chi connectivity index (χ4n) is 2.98. The van der Waals surface area contributed by atoms with Gasteiger partial charge in [-0.3, -0.25) is 14.5 Å². The number of carbonyl (C=O) groups excluding carboxylic acids is 1.